The first-order valence-corrected chi connectivity index (χ1v) is 7.17. The maximum atomic E-state index is 6.10. The molecule has 2 rings (SSSR count). The van der Waals surface area contributed by atoms with Gasteiger partial charge in [0, 0.05) is 12.8 Å². The van der Waals surface area contributed by atoms with Crippen LogP contribution in [-0.4, -0.2) is 17.1 Å². The van der Waals surface area contributed by atoms with Crippen LogP contribution in [-0.2, 0) is 16.8 Å². The molecule has 1 aromatic rings. The van der Waals surface area contributed by atoms with Crippen molar-refractivity contribution >= 4 is 11.6 Å². The van der Waals surface area contributed by atoms with Crippen molar-refractivity contribution in [2.75, 3.05) is 7.11 Å². The van der Waals surface area contributed by atoms with Gasteiger partial charge in [-0.1, -0.05) is 44.2 Å². The van der Waals surface area contributed by atoms with Crippen molar-refractivity contribution in [2.24, 2.45) is 0 Å². The lowest BCUT2D eigenvalue weighted by Gasteiger charge is -2.30. The van der Waals surface area contributed by atoms with Gasteiger partial charge in [-0.3, -0.25) is 0 Å². The van der Waals surface area contributed by atoms with E-state index in [2.05, 4.69) is 16.9 Å². The predicted molar refractivity (Wildman–Crippen MR) is 72.8 cm³/mol. The number of hydrogen-bond acceptors (Lipinski definition) is 3. The second kappa shape index (κ2) is 5.98. The van der Waals surface area contributed by atoms with Crippen LogP contribution in [0.3, 0.4) is 0 Å². The molecule has 4 heteroatoms. The maximum absolute atomic E-state index is 6.10. The number of rotatable bonds is 3. The maximum Gasteiger partial charge on any atom is 0.162 e. The number of aromatic nitrogens is 2. The molecule has 0 amide bonds. The van der Waals surface area contributed by atoms with E-state index in [-0.39, 0.29) is 5.60 Å². The zero-order valence-corrected chi connectivity index (χ0v) is 12.0. The van der Waals surface area contributed by atoms with Crippen LogP contribution in [0.4, 0.5) is 0 Å². The Kier molecular flexibility index (Phi) is 4.57. The molecule has 100 valence electrons. The van der Waals surface area contributed by atoms with E-state index in [1.54, 1.807) is 7.11 Å². The summed E-state index contributed by atoms with van der Waals surface area (Å²) in [5.41, 5.74) is 0.663. The van der Waals surface area contributed by atoms with E-state index in [9.17, 15) is 0 Å². The lowest BCUT2D eigenvalue weighted by molar-refractivity contribution is -0.0353. The molecular formula is C14H21ClN2O. The van der Waals surface area contributed by atoms with Crippen LogP contribution in [0.1, 0.15) is 57.0 Å². The number of hydrogen-bond donors (Lipinski definition) is 0. The molecule has 0 spiro atoms. The molecule has 1 heterocycles. The van der Waals surface area contributed by atoms with Gasteiger partial charge in [0.2, 0.25) is 0 Å². The van der Waals surface area contributed by atoms with Crippen LogP contribution in [0.25, 0.3) is 0 Å². The zero-order chi connectivity index (χ0) is 13.0. The highest BCUT2D eigenvalue weighted by atomic mass is 35.5. The summed E-state index contributed by atoms with van der Waals surface area (Å²) in [7, 11) is 1.77. The first-order valence-electron chi connectivity index (χ1n) is 6.79. The zero-order valence-electron chi connectivity index (χ0n) is 11.2. The first kappa shape index (κ1) is 13.8. The van der Waals surface area contributed by atoms with E-state index < -0.39 is 0 Å². The molecule has 0 aliphatic heterocycles. The van der Waals surface area contributed by atoms with E-state index >= 15 is 0 Å². The smallest absolute Gasteiger partial charge is 0.162 e. The van der Waals surface area contributed by atoms with Crippen LogP contribution in [0.2, 0.25) is 5.15 Å². The van der Waals surface area contributed by atoms with Gasteiger partial charge in [-0.15, -0.1) is 0 Å². The number of halogens is 1. The fourth-order valence-corrected chi connectivity index (χ4v) is 2.87. The van der Waals surface area contributed by atoms with Gasteiger partial charge < -0.3 is 4.74 Å². The summed E-state index contributed by atoms with van der Waals surface area (Å²) in [4.78, 5) is 9.06. The van der Waals surface area contributed by atoms with Gasteiger partial charge in [0.25, 0.3) is 0 Å². The third-order valence-corrected chi connectivity index (χ3v) is 4.01. The monoisotopic (exact) mass is 268 g/mol. The van der Waals surface area contributed by atoms with Gasteiger partial charge in [-0.25, -0.2) is 9.97 Å². The molecule has 3 nitrogen and oxygen atoms in total. The molecule has 1 aliphatic carbocycles. The van der Waals surface area contributed by atoms with Crippen molar-refractivity contribution in [2.45, 2.75) is 57.5 Å². The summed E-state index contributed by atoms with van der Waals surface area (Å²) >= 11 is 6.10. The average Bonchev–Trinajstić information content (AvgIpc) is 2.64. The molecule has 0 radical (unpaired) electrons. The van der Waals surface area contributed by atoms with Gasteiger partial charge in [-0.2, -0.15) is 0 Å². The van der Waals surface area contributed by atoms with Crippen molar-refractivity contribution in [3.63, 3.8) is 0 Å². The number of methoxy groups -OCH3 is 1. The van der Waals surface area contributed by atoms with Crippen molar-refractivity contribution in [3.8, 4) is 0 Å². The lowest BCUT2D eigenvalue weighted by Crippen LogP contribution is -2.30. The quantitative estimate of drug-likeness (QED) is 0.616. The highest BCUT2D eigenvalue weighted by Crippen LogP contribution is 2.37. The predicted octanol–water partition coefficient (Wildman–Crippen LogP) is 3.89. The molecule has 0 bridgehead atoms. The number of nitrogens with zero attached hydrogens (tertiary/aromatic N) is 2. The second-order valence-electron chi connectivity index (χ2n) is 4.97. The molecule has 0 aromatic carbocycles. The van der Waals surface area contributed by atoms with Crippen molar-refractivity contribution in [1.82, 2.24) is 9.97 Å². The minimum Gasteiger partial charge on any atom is -0.370 e. The molecule has 0 atom stereocenters. The Bertz CT molecular complexity index is 401. The Balaban J connectivity index is 2.38. The standard InChI is InChI=1S/C14H21ClN2O/c1-3-11-10-12(15)17-13(16-11)14(18-2)8-6-4-5-7-9-14/h10H,3-9H2,1-2H3. The van der Waals surface area contributed by atoms with E-state index in [1.165, 1.54) is 25.7 Å². The third-order valence-electron chi connectivity index (χ3n) is 3.82. The van der Waals surface area contributed by atoms with E-state index in [0.29, 0.717) is 5.15 Å². The summed E-state index contributed by atoms with van der Waals surface area (Å²) in [5.74, 6) is 0.774. The molecule has 0 N–H and O–H groups in total. The normalized spacial score (nSPS) is 19.5. The van der Waals surface area contributed by atoms with Crippen molar-refractivity contribution in [3.05, 3.63) is 22.7 Å². The Hall–Kier alpha value is -0.670. The van der Waals surface area contributed by atoms with Gasteiger partial charge in [-0.05, 0) is 25.3 Å². The highest BCUT2D eigenvalue weighted by molar-refractivity contribution is 6.29. The van der Waals surface area contributed by atoms with Crippen molar-refractivity contribution in [1.29, 1.82) is 0 Å². The number of aryl methyl sites for hydroxylation is 1. The minimum absolute atomic E-state index is 0.328. The lowest BCUT2D eigenvalue weighted by atomic mass is 9.93. The molecule has 0 unspecified atom stereocenters. The van der Waals surface area contributed by atoms with E-state index in [1.807, 2.05) is 6.07 Å². The molecule has 1 fully saturated rings. The van der Waals surface area contributed by atoms with Gasteiger partial charge >= 0.3 is 0 Å². The largest absolute Gasteiger partial charge is 0.370 e. The van der Waals surface area contributed by atoms with Crippen molar-refractivity contribution < 1.29 is 4.74 Å². The minimum atomic E-state index is -0.328. The third kappa shape index (κ3) is 2.83. The van der Waals surface area contributed by atoms with Crippen LogP contribution >= 0.6 is 11.6 Å². The molecule has 1 aliphatic rings. The summed E-state index contributed by atoms with van der Waals surface area (Å²) in [6, 6.07) is 1.84. The fourth-order valence-electron chi connectivity index (χ4n) is 2.67. The Morgan fingerprint density at radius 1 is 1.22 bits per heavy atom. The van der Waals surface area contributed by atoms with E-state index in [0.717, 1.165) is 30.8 Å². The summed E-state index contributed by atoms with van der Waals surface area (Å²) in [6.07, 6.45) is 7.74. The van der Waals surface area contributed by atoms with Gasteiger partial charge in [0.15, 0.2) is 5.82 Å². The molecule has 0 saturated heterocycles. The summed E-state index contributed by atoms with van der Waals surface area (Å²) in [5, 5.41) is 0.525. The Morgan fingerprint density at radius 2 is 1.89 bits per heavy atom. The Labute approximate surface area is 114 Å². The molecule has 1 aromatic heterocycles. The van der Waals surface area contributed by atoms with Crippen LogP contribution in [0.5, 0.6) is 0 Å². The topological polar surface area (TPSA) is 35.0 Å². The molecule has 18 heavy (non-hydrogen) atoms. The SMILES string of the molecule is CCc1cc(Cl)nc(C2(OC)CCCCCC2)n1. The first-order chi connectivity index (χ1) is 8.70. The van der Waals surface area contributed by atoms with E-state index in [4.69, 9.17) is 16.3 Å². The van der Waals surface area contributed by atoms with Gasteiger partial charge in [0.05, 0.1) is 0 Å². The highest BCUT2D eigenvalue weighted by Gasteiger charge is 2.36. The molecule has 1 saturated carbocycles. The number of ether oxygens (including phenoxy) is 1. The summed E-state index contributed by atoms with van der Waals surface area (Å²) in [6.45, 7) is 2.08. The summed E-state index contributed by atoms with van der Waals surface area (Å²) < 4.78 is 5.82. The van der Waals surface area contributed by atoms with Crippen LogP contribution < -0.4 is 0 Å². The van der Waals surface area contributed by atoms with Crippen LogP contribution in [0.15, 0.2) is 6.07 Å². The Morgan fingerprint density at radius 3 is 2.44 bits per heavy atom. The average molecular weight is 269 g/mol. The fraction of sp³-hybridized carbons (Fsp3) is 0.714. The second-order valence-corrected chi connectivity index (χ2v) is 5.36. The van der Waals surface area contributed by atoms with Crippen LogP contribution in [0, 0.1) is 0 Å². The van der Waals surface area contributed by atoms with Gasteiger partial charge in [0.1, 0.15) is 10.8 Å². The molecular weight excluding hydrogens is 248 g/mol.